The van der Waals surface area contributed by atoms with Crippen LogP contribution in [0, 0.1) is 0 Å². The topological polar surface area (TPSA) is 69.2 Å². The zero-order valence-corrected chi connectivity index (χ0v) is 9.04. The smallest absolute Gasteiger partial charge is 0.302 e. The molecule has 2 saturated heterocycles. The first-order chi connectivity index (χ1) is 7.25. The summed E-state index contributed by atoms with van der Waals surface area (Å²) in [6, 6.07) is 0.615. The van der Waals surface area contributed by atoms with Crippen molar-refractivity contribution >= 4 is 17.5 Å². The molecule has 15 heavy (non-hydrogen) atoms. The van der Waals surface area contributed by atoms with E-state index in [2.05, 4.69) is 13.6 Å². The highest BCUT2D eigenvalue weighted by Crippen LogP contribution is 2.37. The van der Waals surface area contributed by atoms with Crippen molar-refractivity contribution < 1.29 is 5.11 Å². The maximum atomic E-state index is 11.5. The van der Waals surface area contributed by atoms with Crippen molar-refractivity contribution in [2.24, 2.45) is 0 Å². The second-order valence-corrected chi connectivity index (χ2v) is 4.92. The maximum absolute atomic E-state index is 11.5. The molecule has 6 heteroatoms. The molecule has 0 unspecified atom stereocenters. The summed E-state index contributed by atoms with van der Waals surface area (Å²) >= 11 is 1.10. The fourth-order valence-corrected chi connectivity index (χ4v) is 3.34. The van der Waals surface area contributed by atoms with E-state index in [0.29, 0.717) is 17.9 Å². The third-order valence-corrected chi connectivity index (χ3v) is 3.97. The summed E-state index contributed by atoms with van der Waals surface area (Å²) in [4.78, 5) is 13.6. The van der Waals surface area contributed by atoms with Gasteiger partial charge < -0.3 is 10.0 Å². The molecule has 0 spiro atoms. The third-order valence-electron chi connectivity index (χ3n) is 3.43. The molecule has 2 bridgehead atoms. The number of aromatic amines is 1. The number of nitrogens with zero attached hydrogens (tertiary/aromatic N) is 2. The Labute approximate surface area is 91.1 Å². The fourth-order valence-electron chi connectivity index (χ4n) is 2.85. The molecule has 2 aliphatic rings. The predicted molar refractivity (Wildman–Crippen MR) is 57.3 cm³/mol. The number of hydrogen-bond donors (Lipinski definition) is 2. The van der Waals surface area contributed by atoms with Gasteiger partial charge in [0, 0.05) is 23.8 Å². The van der Waals surface area contributed by atoms with Gasteiger partial charge in [0.05, 0.1) is 6.10 Å². The van der Waals surface area contributed by atoms with E-state index in [4.69, 9.17) is 0 Å². The number of fused-ring (bicyclic) bond motifs is 2. The lowest BCUT2D eigenvalue weighted by Crippen LogP contribution is -2.46. The Morgan fingerprint density at radius 2 is 2.07 bits per heavy atom. The molecule has 2 fully saturated rings. The monoisotopic (exact) mass is 227 g/mol. The molecule has 2 atom stereocenters. The first-order valence-corrected chi connectivity index (χ1v) is 6.04. The summed E-state index contributed by atoms with van der Waals surface area (Å²) in [6.45, 7) is 0. The highest BCUT2D eigenvalue weighted by molar-refractivity contribution is 6.99. The molecular weight excluding hydrogens is 214 g/mol. The molecule has 0 amide bonds. The Bertz CT molecular complexity index is 401. The van der Waals surface area contributed by atoms with Crippen LogP contribution >= 0.6 is 11.7 Å². The van der Waals surface area contributed by atoms with Crippen LogP contribution < -0.4 is 10.5 Å². The average molecular weight is 227 g/mol. The number of anilines is 1. The molecule has 2 N–H and O–H groups in total. The van der Waals surface area contributed by atoms with Gasteiger partial charge in [0.2, 0.25) is 5.82 Å². The van der Waals surface area contributed by atoms with E-state index in [-0.39, 0.29) is 11.7 Å². The van der Waals surface area contributed by atoms with Crippen LogP contribution in [0.2, 0.25) is 0 Å². The second-order valence-electron chi connectivity index (χ2n) is 4.35. The van der Waals surface area contributed by atoms with E-state index in [1.54, 1.807) is 0 Å². The van der Waals surface area contributed by atoms with Crippen LogP contribution in [0.1, 0.15) is 25.7 Å². The largest absolute Gasteiger partial charge is 0.393 e. The van der Waals surface area contributed by atoms with E-state index in [1.807, 2.05) is 0 Å². The van der Waals surface area contributed by atoms with Gasteiger partial charge >= 0.3 is 5.56 Å². The minimum Gasteiger partial charge on any atom is -0.393 e. The molecule has 0 aliphatic carbocycles. The maximum Gasteiger partial charge on any atom is 0.302 e. The normalized spacial score (nSPS) is 34.7. The fraction of sp³-hybridized carbons (Fsp3) is 0.778. The highest BCUT2D eigenvalue weighted by Gasteiger charge is 2.42. The lowest BCUT2D eigenvalue weighted by molar-refractivity contribution is 0.126. The van der Waals surface area contributed by atoms with Crippen molar-refractivity contribution in [1.82, 2.24) is 8.75 Å². The van der Waals surface area contributed by atoms with Crippen molar-refractivity contribution in [3.8, 4) is 0 Å². The Morgan fingerprint density at radius 3 is 2.60 bits per heavy atom. The molecule has 0 radical (unpaired) electrons. The minimum atomic E-state index is -0.198. The Kier molecular flexibility index (Phi) is 2.07. The summed E-state index contributed by atoms with van der Waals surface area (Å²) in [5.41, 5.74) is -0.0895. The van der Waals surface area contributed by atoms with Gasteiger partial charge in [-0.1, -0.05) is 0 Å². The van der Waals surface area contributed by atoms with Gasteiger partial charge in [0.25, 0.3) is 0 Å². The van der Waals surface area contributed by atoms with Crippen LogP contribution in [-0.4, -0.2) is 32.0 Å². The number of H-pyrrole nitrogens is 1. The van der Waals surface area contributed by atoms with E-state index >= 15 is 0 Å². The molecule has 5 nitrogen and oxygen atoms in total. The van der Waals surface area contributed by atoms with Crippen molar-refractivity contribution in [2.45, 2.75) is 43.9 Å². The molecule has 1 aromatic heterocycles. The standard InChI is InChI=1S/C9H13N3O2S/c13-7-3-5-1-2-6(4-7)12(5)8-9(14)11-15-10-8/h5-7,13H,1-4H2,(H,11,14)/t5-,6-/m0/s1. The summed E-state index contributed by atoms with van der Waals surface area (Å²) in [5.74, 6) is 0.555. The van der Waals surface area contributed by atoms with E-state index in [9.17, 15) is 9.90 Å². The molecule has 0 aromatic carbocycles. The zero-order valence-electron chi connectivity index (χ0n) is 8.22. The van der Waals surface area contributed by atoms with Crippen LogP contribution in [0.5, 0.6) is 0 Å². The van der Waals surface area contributed by atoms with Gasteiger partial charge in [-0.15, -0.1) is 0 Å². The van der Waals surface area contributed by atoms with Crippen molar-refractivity contribution in [3.63, 3.8) is 0 Å². The number of hydrogen-bond acceptors (Lipinski definition) is 5. The Morgan fingerprint density at radius 1 is 1.40 bits per heavy atom. The molecule has 3 heterocycles. The average Bonchev–Trinajstić information content (AvgIpc) is 2.69. The van der Waals surface area contributed by atoms with E-state index in [1.165, 1.54) is 0 Å². The van der Waals surface area contributed by atoms with Gasteiger partial charge in [-0.25, -0.2) is 0 Å². The number of rotatable bonds is 1. The SMILES string of the molecule is O=c1[nH]snc1N1[C@H]2CC[C@H]1CC(O)C2. The number of aromatic nitrogens is 2. The molecule has 3 rings (SSSR count). The second kappa shape index (κ2) is 3.31. The van der Waals surface area contributed by atoms with Crippen LogP contribution in [0.15, 0.2) is 4.79 Å². The highest BCUT2D eigenvalue weighted by atomic mass is 32.1. The summed E-state index contributed by atoms with van der Waals surface area (Å²) in [7, 11) is 0. The van der Waals surface area contributed by atoms with Gasteiger partial charge in [0.1, 0.15) is 0 Å². The lowest BCUT2D eigenvalue weighted by Gasteiger charge is -2.36. The predicted octanol–water partition coefficient (Wildman–Crippen LogP) is 0.324. The van der Waals surface area contributed by atoms with Gasteiger partial charge in [-0.3, -0.25) is 9.17 Å². The molecule has 2 aliphatic heterocycles. The van der Waals surface area contributed by atoms with E-state index in [0.717, 1.165) is 37.4 Å². The van der Waals surface area contributed by atoms with Crippen LogP contribution in [0.25, 0.3) is 0 Å². The summed E-state index contributed by atoms with van der Waals surface area (Å²) in [6.07, 6.45) is 3.48. The van der Waals surface area contributed by atoms with Gasteiger partial charge in [-0.2, -0.15) is 4.37 Å². The van der Waals surface area contributed by atoms with Gasteiger partial charge in [-0.05, 0) is 25.7 Å². The Balaban J connectivity index is 1.95. The number of aliphatic hydroxyl groups is 1. The summed E-state index contributed by atoms with van der Waals surface area (Å²) in [5, 5.41) is 9.64. The van der Waals surface area contributed by atoms with Crippen LogP contribution in [0.3, 0.4) is 0 Å². The molecule has 1 aromatic rings. The molecule has 0 saturated carbocycles. The number of nitrogens with one attached hydrogen (secondary N) is 1. The van der Waals surface area contributed by atoms with Gasteiger partial charge in [0.15, 0.2) is 0 Å². The third kappa shape index (κ3) is 1.39. The zero-order chi connectivity index (χ0) is 10.4. The minimum absolute atomic E-state index is 0.0895. The Hall–Kier alpha value is -0.880. The van der Waals surface area contributed by atoms with Crippen molar-refractivity contribution in [3.05, 3.63) is 10.4 Å². The first kappa shape index (κ1) is 9.35. The quantitative estimate of drug-likeness (QED) is 0.725. The number of aliphatic hydroxyl groups excluding tert-OH is 1. The van der Waals surface area contributed by atoms with E-state index < -0.39 is 0 Å². The van der Waals surface area contributed by atoms with Crippen molar-refractivity contribution in [2.75, 3.05) is 4.90 Å². The number of piperidine rings is 1. The first-order valence-electron chi connectivity index (χ1n) is 5.26. The van der Waals surface area contributed by atoms with Crippen LogP contribution in [0.4, 0.5) is 5.82 Å². The van der Waals surface area contributed by atoms with Crippen LogP contribution in [-0.2, 0) is 0 Å². The molecule has 82 valence electrons. The van der Waals surface area contributed by atoms with Crippen molar-refractivity contribution in [1.29, 1.82) is 0 Å². The summed E-state index contributed by atoms with van der Waals surface area (Å²) < 4.78 is 6.74. The lowest BCUT2D eigenvalue weighted by atomic mass is 10.0. The molecular formula is C9H13N3O2S.